The summed E-state index contributed by atoms with van der Waals surface area (Å²) in [6.45, 7) is 11.0. The summed E-state index contributed by atoms with van der Waals surface area (Å²) >= 11 is 0. The van der Waals surface area contributed by atoms with Crippen molar-refractivity contribution < 1.29 is 19.0 Å². The molecule has 1 fully saturated rings. The maximum Gasteiger partial charge on any atom is 0.308 e. The van der Waals surface area contributed by atoms with Crippen molar-refractivity contribution in [3.63, 3.8) is 0 Å². The first-order valence-corrected chi connectivity index (χ1v) is 14.1. The average molecular weight is 525 g/mol. The molecule has 0 amide bonds. The molecule has 1 saturated carbocycles. The van der Waals surface area contributed by atoms with Crippen LogP contribution in [0.25, 0.3) is 16.7 Å². The Hall–Kier alpha value is -3.40. The third-order valence-electron chi connectivity index (χ3n) is 9.92. The number of allylic oxidation sites excluding steroid dienone is 2. The van der Waals surface area contributed by atoms with Gasteiger partial charge in [-0.05, 0) is 107 Å². The number of aliphatic carboxylic acids is 1. The van der Waals surface area contributed by atoms with Crippen molar-refractivity contribution in [1.29, 1.82) is 0 Å². The predicted octanol–water partition coefficient (Wildman–Crippen LogP) is 8.51. The quantitative estimate of drug-likeness (QED) is 0.352. The minimum absolute atomic E-state index is 0.0145. The number of carboxylic acids is 1. The van der Waals surface area contributed by atoms with Gasteiger partial charge in [0.05, 0.1) is 5.92 Å². The molecule has 3 aliphatic carbocycles. The predicted molar refractivity (Wildman–Crippen MR) is 153 cm³/mol. The summed E-state index contributed by atoms with van der Waals surface area (Å²) in [6, 6.07) is 17.7. The van der Waals surface area contributed by atoms with E-state index in [0.717, 1.165) is 59.3 Å². The van der Waals surface area contributed by atoms with Gasteiger partial charge < -0.3 is 9.84 Å². The number of rotatable bonds is 6. The molecule has 4 heteroatoms. The first-order valence-electron chi connectivity index (χ1n) is 14.1. The van der Waals surface area contributed by atoms with Gasteiger partial charge in [-0.15, -0.1) is 0 Å². The van der Waals surface area contributed by atoms with Crippen LogP contribution >= 0.6 is 0 Å². The van der Waals surface area contributed by atoms with E-state index in [2.05, 4.69) is 52.0 Å². The normalized spacial score (nSPS) is 23.9. The zero-order valence-electron chi connectivity index (χ0n) is 23.5. The van der Waals surface area contributed by atoms with Crippen molar-refractivity contribution in [1.82, 2.24) is 0 Å². The molecule has 1 spiro atoms. The fraction of sp³-hybridized carbons (Fsp3) is 0.400. The zero-order valence-corrected chi connectivity index (χ0v) is 23.5. The van der Waals surface area contributed by atoms with Crippen LogP contribution in [0.15, 0.2) is 60.7 Å². The second-order valence-electron chi connectivity index (χ2n) is 13.0. The summed E-state index contributed by atoms with van der Waals surface area (Å²) in [7, 11) is 0. The molecular weight excluding hydrogens is 487 g/mol. The molecule has 3 aromatic carbocycles. The van der Waals surface area contributed by atoms with E-state index in [-0.39, 0.29) is 28.0 Å². The number of carbonyl (C=O) groups is 1. The van der Waals surface area contributed by atoms with E-state index in [9.17, 15) is 9.90 Å². The van der Waals surface area contributed by atoms with E-state index >= 15 is 4.39 Å². The van der Waals surface area contributed by atoms with Crippen LogP contribution in [0.5, 0.6) is 5.75 Å². The van der Waals surface area contributed by atoms with Crippen molar-refractivity contribution >= 4 is 11.5 Å². The average Bonchev–Trinajstić information content (AvgIpc) is 3.13. The molecule has 0 heterocycles. The number of carboxylic acid groups (broad SMARTS) is 1. The number of halogens is 1. The van der Waals surface area contributed by atoms with Gasteiger partial charge in [0.15, 0.2) is 0 Å². The van der Waals surface area contributed by atoms with Crippen LogP contribution in [-0.2, 0) is 23.2 Å². The molecule has 0 radical (unpaired) electrons. The standard InChI is InChI=1S/C35H37FO3/c1-21-8-13-30(36)27(17-21)25-12-9-22(18-26(25)28-7-6-15-33(28,2)3)20-39-24-11-10-23-14-16-35(29(23)19-24)31(32(37)38)34(35,4)5/h7-13,17-19,31H,6,14-16,20H2,1-5H3,(H,37,38)/t31-,35-/m1/s1. The monoisotopic (exact) mass is 524 g/mol. The van der Waals surface area contributed by atoms with Crippen LogP contribution in [-0.4, -0.2) is 11.1 Å². The third kappa shape index (κ3) is 3.94. The van der Waals surface area contributed by atoms with Gasteiger partial charge in [-0.1, -0.05) is 63.6 Å². The van der Waals surface area contributed by atoms with Crippen LogP contribution < -0.4 is 4.74 Å². The summed E-state index contributed by atoms with van der Waals surface area (Å²) in [4.78, 5) is 12.0. The Kier molecular flexibility index (Phi) is 5.84. The van der Waals surface area contributed by atoms with Crippen molar-refractivity contribution in [3.05, 3.63) is 94.3 Å². The maximum atomic E-state index is 15.0. The van der Waals surface area contributed by atoms with E-state index in [0.29, 0.717) is 12.2 Å². The Bertz CT molecular complexity index is 1530. The fourth-order valence-corrected chi connectivity index (χ4v) is 7.70. The zero-order chi connectivity index (χ0) is 27.7. The molecule has 0 saturated heterocycles. The highest BCUT2D eigenvalue weighted by Gasteiger charge is 2.76. The molecule has 3 nitrogen and oxygen atoms in total. The largest absolute Gasteiger partial charge is 0.489 e. The first kappa shape index (κ1) is 25.9. The summed E-state index contributed by atoms with van der Waals surface area (Å²) in [5.41, 5.74) is 7.75. The molecule has 3 aliphatic rings. The lowest BCUT2D eigenvalue weighted by Gasteiger charge is -2.25. The lowest BCUT2D eigenvalue weighted by atomic mass is 9.79. The Balaban J connectivity index is 1.32. The second kappa shape index (κ2) is 8.81. The van der Waals surface area contributed by atoms with Crippen molar-refractivity contribution in [3.8, 4) is 16.9 Å². The molecule has 6 rings (SSSR count). The van der Waals surface area contributed by atoms with Crippen molar-refractivity contribution in [2.24, 2.45) is 16.7 Å². The number of aryl methyl sites for hydroxylation is 2. The molecule has 202 valence electrons. The SMILES string of the molecule is Cc1ccc(F)c(-c2ccc(COc3ccc4c(c3)[C@]3(CC4)[C@H](C(=O)O)C3(C)C)cc2C2=CCCC2(C)C)c1. The topological polar surface area (TPSA) is 46.5 Å². The van der Waals surface area contributed by atoms with Crippen LogP contribution in [0, 0.1) is 29.5 Å². The Morgan fingerprint density at radius 3 is 2.46 bits per heavy atom. The molecule has 0 unspecified atom stereocenters. The van der Waals surface area contributed by atoms with Gasteiger partial charge >= 0.3 is 5.97 Å². The van der Waals surface area contributed by atoms with Crippen molar-refractivity contribution in [2.45, 2.75) is 72.3 Å². The Morgan fingerprint density at radius 1 is 0.974 bits per heavy atom. The number of benzene rings is 3. The minimum atomic E-state index is -0.707. The lowest BCUT2D eigenvalue weighted by Crippen LogP contribution is -2.13. The highest BCUT2D eigenvalue weighted by molar-refractivity contribution is 5.85. The number of fused-ring (bicyclic) bond motifs is 2. The highest BCUT2D eigenvalue weighted by Crippen LogP contribution is 2.74. The number of hydrogen-bond donors (Lipinski definition) is 1. The number of ether oxygens (including phenoxy) is 1. The van der Waals surface area contributed by atoms with Crippen LogP contribution in [0.3, 0.4) is 0 Å². The summed E-state index contributed by atoms with van der Waals surface area (Å²) in [5, 5.41) is 9.89. The molecule has 2 atom stereocenters. The maximum absolute atomic E-state index is 15.0. The molecule has 39 heavy (non-hydrogen) atoms. The van der Waals surface area contributed by atoms with Crippen LogP contribution in [0.1, 0.15) is 74.8 Å². The molecule has 0 aliphatic heterocycles. The van der Waals surface area contributed by atoms with Gasteiger partial charge in [0.2, 0.25) is 0 Å². The summed E-state index contributed by atoms with van der Waals surface area (Å²) in [6.07, 6.45) is 6.18. The van der Waals surface area contributed by atoms with Gasteiger partial charge in [0.25, 0.3) is 0 Å². The molecule has 0 bridgehead atoms. The molecule has 0 aromatic heterocycles. The van der Waals surface area contributed by atoms with E-state index in [1.165, 1.54) is 11.1 Å². The molecular formula is C35H37FO3. The number of hydrogen-bond acceptors (Lipinski definition) is 2. The van der Waals surface area contributed by atoms with E-state index in [1.54, 1.807) is 6.07 Å². The molecule has 3 aromatic rings. The minimum Gasteiger partial charge on any atom is -0.489 e. The van der Waals surface area contributed by atoms with Gasteiger partial charge in [0.1, 0.15) is 18.2 Å². The first-order chi connectivity index (χ1) is 18.5. The highest BCUT2D eigenvalue weighted by atomic mass is 19.1. The van der Waals surface area contributed by atoms with Gasteiger partial charge in [-0.3, -0.25) is 4.79 Å². The Morgan fingerprint density at radius 2 is 1.77 bits per heavy atom. The Labute approximate surface area is 230 Å². The fourth-order valence-electron chi connectivity index (χ4n) is 7.70. The van der Waals surface area contributed by atoms with E-state index in [1.807, 2.05) is 37.3 Å². The van der Waals surface area contributed by atoms with Gasteiger partial charge in [0, 0.05) is 11.0 Å². The van der Waals surface area contributed by atoms with Gasteiger partial charge in [-0.2, -0.15) is 0 Å². The van der Waals surface area contributed by atoms with Crippen LogP contribution in [0.4, 0.5) is 4.39 Å². The lowest BCUT2D eigenvalue weighted by molar-refractivity contribution is -0.139. The summed E-state index contributed by atoms with van der Waals surface area (Å²) < 4.78 is 21.3. The smallest absolute Gasteiger partial charge is 0.308 e. The molecule has 1 N–H and O–H groups in total. The van der Waals surface area contributed by atoms with Crippen molar-refractivity contribution in [2.75, 3.05) is 0 Å². The van der Waals surface area contributed by atoms with Crippen LogP contribution in [0.2, 0.25) is 0 Å². The van der Waals surface area contributed by atoms with E-state index < -0.39 is 5.97 Å². The van der Waals surface area contributed by atoms with Gasteiger partial charge in [-0.25, -0.2) is 4.39 Å². The summed E-state index contributed by atoms with van der Waals surface area (Å²) in [5.74, 6) is -0.516. The second-order valence-corrected chi connectivity index (χ2v) is 13.0. The third-order valence-corrected chi connectivity index (χ3v) is 9.92. The van der Waals surface area contributed by atoms with E-state index in [4.69, 9.17) is 4.74 Å².